The van der Waals surface area contributed by atoms with Gasteiger partial charge in [0.15, 0.2) is 0 Å². The average Bonchev–Trinajstić information content (AvgIpc) is 2.28. The summed E-state index contributed by atoms with van der Waals surface area (Å²) < 4.78 is 57.4. The topological polar surface area (TPSA) is 55.1 Å². The van der Waals surface area contributed by atoms with Gasteiger partial charge >= 0.3 is 6.36 Å². The number of aromatic nitrogens is 1. The Bertz CT molecular complexity index is 468. The van der Waals surface area contributed by atoms with Crippen LogP contribution in [0.1, 0.15) is 11.1 Å². The van der Waals surface area contributed by atoms with E-state index in [1.807, 2.05) is 0 Å². The molecule has 0 unspecified atom stereocenters. The van der Waals surface area contributed by atoms with Gasteiger partial charge in [-0.2, -0.15) is 5.26 Å². The first-order valence-corrected chi connectivity index (χ1v) is 4.66. The molecule has 1 aromatic heterocycles. The number of halogens is 4. The van der Waals surface area contributed by atoms with E-state index in [0.717, 1.165) is 6.20 Å². The van der Waals surface area contributed by atoms with Crippen molar-refractivity contribution >= 4 is 0 Å². The third-order valence-corrected chi connectivity index (χ3v) is 2.04. The Labute approximate surface area is 99.8 Å². The van der Waals surface area contributed by atoms with Crippen LogP contribution in [0, 0.1) is 11.3 Å². The van der Waals surface area contributed by atoms with Crippen molar-refractivity contribution in [2.75, 3.05) is 7.11 Å². The molecule has 18 heavy (non-hydrogen) atoms. The third-order valence-electron chi connectivity index (χ3n) is 2.04. The molecule has 0 saturated carbocycles. The van der Waals surface area contributed by atoms with Gasteiger partial charge in [-0.05, 0) is 0 Å². The molecule has 0 aliphatic heterocycles. The van der Waals surface area contributed by atoms with Gasteiger partial charge in [0.2, 0.25) is 5.88 Å². The Morgan fingerprint density at radius 3 is 2.50 bits per heavy atom. The van der Waals surface area contributed by atoms with Gasteiger partial charge in [-0.3, -0.25) is 0 Å². The summed E-state index contributed by atoms with van der Waals surface area (Å²) in [5.74, 6) is -0.866. The zero-order valence-electron chi connectivity index (χ0n) is 9.21. The van der Waals surface area contributed by atoms with Gasteiger partial charge < -0.3 is 9.47 Å². The molecule has 0 aliphatic carbocycles. The molecular formula is C10H8F4N2O2. The third kappa shape index (κ3) is 3.23. The van der Waals surface area contributed by atoms with Crippen LogP contribution in [-0.4, -0.2) is 18.5 Å². The van der Waals surface area contributed by atoms with Crippen LogP contribution in [-0.2, 0) is 13.1 Å². The molecule has 0 bridgehead atoms. The van der Waals surface area contributed by atoms with E-state index in [0.29, 0.717) is 0 Å². The van der Waals surface area contributed by atoms with Crippen molar-refractivity contribution in [1.82, 2.24) is 4.98 Å². The van der Waals surface area contributed by atoms with Gasteiger partial charge in [0.25, 0.3) is 0 Å². The highest BCUT2D eigenvalue weighted by atomic mass is 19.4. The standard InChI is InChI=1S/C10H8F4N2O2/c1-17-8-5-16-9(18-10(12,13)14)7(4-11)6(8)2-3-15/h5H,2,4H2,1H3. The van der Waals surface area contributed by atoms with Gasteiger partial charge in [-0.25, -0.2) is 9.37 Å². The van der Waals surface area contributed by atoms with E-state index < -0.39 is 24.5 Å². The fourth-order valence-corrected chi connectivity index (χ4v) is 1.34. The first-order chi connectivity index (χ1) is 8.42. The largest absolute Gasteiger partial charge is 0.574 e. The number of hydrogen-bond acceptors (Lipinski definition) is 4. The summed E-state index contributed by atoms with van der Waals surface area (Å²) in [5, 5.41) is 8.57. The minimum absolute atomic E-state index is 0.00301. The molecule has 98 valence electrons. The number of rotatable bonds is 4. The predicted molar refractivity (Wildman–Crippen MR) is 51.6 cm³/mol. The van der Waals surface area contributed by atoms with E-state index in [4.69, 9.17) is 10.00 Å². The Morgan fingerprint density at radius 2 is 2.06 bits per heavy atom. The van der Waals surface area contributed by atoms with Gasteiger partial charge in [-0.15, -0.1) is 13.2 Å². The molecule has 8 heteroatoms. The second-order valence-electron chi connectivity index (χ2n) is 3.11. The lowest BCUT2D eigenvalue weighted by Crippen LogP contribution is -2.19. The molecule has 0 aliphatic rings. The second kappa shape index (κ2) is 5.53. The fourth-order valence-electron chi connectivity index (χ4n) is 1.34. The maximum atomic E-state index is 12.8. The highest BCUT2D eigenvalue weighted by Gasteiger charge is 2.33. The predicted octanol–water partition coefficient (Wildman–Crippen LogP) is 2.52. The van der Waals surface area contributed by atoms with E-state index in [-0.39, 0.29) is 17.7 Å². The van der Waals surface area contributed by atoms with E-state index in [1.165, 1.54) is 7.11 Å². The zero-order chi connectivity index (χ0) is 13.8. The Hall–Kier alpha value is -2.04. The van der Waals surface area contributed by atoms with Crippen molar-refractivity contribution in [1.29, 1.82) is 5.26 Å². The van der Waals surface area contributed by atoms with Crippen LogP contribution in [0.2, 0.25) is 0 Å². The number of ether oxygens (including phenoxy) is 2. The first-order valence-electron chi connectivity index (χ1n) is 4.66. The lowest BCUT2D eigenvalue weighted by Gasteiger charge is -2.14. The molecule has 1 rings (SSSR count). The number of nitriles is 1. The molecule has 0 spiro atoms. The first kappa shape index (κ1) is 14.0. The van der Waals surface area contributed by atoms with E-state index in [2.05, 4.69) is 9.72 Å². The maximum Gasteiger partial charge on any atom is 0.574 e. The van der Waals surface area contributed by atoms with Crippen LogP contribution in [0.3, 0.4) is 0 Å². The summed E-state index contributed by atoms with van der Waals surface area (Å²) in [5.41, 5.74) is -0.440. The van der Waals surface area contributed by atoms with Gasteiger partial charge in [0.1, 0.15) is 12.4 Å². The van der Waals surface area contributed by atoms with Gasteiger partial charge in [0.05, 0.1) is 31.4 Å². The highest BCUT2D eigenvalue weighted by molar-refractivity contribution is 5.45. The summed E-state index contributed by atoms with van der Waals surface area (Å²) in [7, 11) is 1.24. The van der Waals surface area contributed by atoms with Crippen LogP contribution in [0.5, 0.6) is 11.6 Å². The van der Waals surface area contributed by atoms with E-state index in [1.54, 1.807) is 6.07 Å². The quantitative estimate of drug-likeness (QED) is 0.784. The molecule has 0 N–H and O–H groups in total. The molecule has 0 saturated heterocycles. The van der Waals surface area contributed by atoms with Crippen molar-refractivity contribution in [3.63, 3.8) is 0 Å². The summed E-state index contributed by atoms with van der Waals surface area (Å²) in [6, 6.07) is 1.71. The van der Waals surface area contributed by atoms with Crippen LogP contribution < -0.4 is 9.47 Å². The number of methoxy groups -OCH3 is 1. The molecule has 0 radical (unpaired) electrons. The smallest absolute Gasteiger partial charge is 0.495 e. The van der Waals surface area contributed by atoms with E-state index >= 15 is 0 Å². The minimum atomic E-state index is -4.98. The van der Waals surface area contributed by atoms with Crippen LogP contribution in [0.25, 0.3) is 0 Å². The zero-order valence-corrected chi connectivity index (χ0v) is 9.21. The molecule has 0 atom stereocenters. The molecule has 1 heterocycles. The van der Waals surface area contributed by atoms with E-state index in [9.17, 15) is 17.6 Å². The van der Waals surface area contributed by atoms with Crippen LogP contribution >= 0.6 is 0 Å². The lowest BCUT2D eigenvalue weighted by molar-refractivity contribution is -0.276. The van der Waals surface area contributed by atoms with Crippen LogP contribution in [0.4, 0.5) is 17.6 Å². The fraction of sp³-hybridized carbons (Fsp3) is 0.400. The molecule has 0 aromatic carbocycles. The number of hydrogen-bond donors (Lipinski definition) is 0. The summed E-state index contributed by atoms with van der Waals surface area (Å²) >= 11 is 0. The molecule has 0 amide bonds. The summed E-state index contributed by atoms with van der Waals surface area (Å²) in [6.45, 7) is -1.24. The highest BCUT2D eigenvalue weighted by Crippen LogP contribution is 2.32. The van der Waals surface area contributed by atoms with Crippen molar-refractivity contribution in [3.8, 4) is 17.7 Å². The number of alkyl halides is 4. The van der Waals surface area contributed by atoms with Crippen LogP contribution in [0.15, 0.2) is 6.20 Å². The molecular weight excluding hydrogens is 256 g/mol. The maximum absolute atomic E-state index is 12.8. The normalized spacial score (nSPS) is 10.9. The van der Waals surface area contributed by atoms with Crippen molar-refractivity contribution in [2.45, 2.75) is 19.5 Å². The minimum Gasteiger partial charge on any atom is -0.495 e. The van der Waals surface area contributed by atoms with Gasteiger partial charge in [-0.1, -0.05) is 0 Å². The second-order valence-corrected chi connectivity index (χ2v) is 3.11. The van der Waals surface area contributed by atoms with Crippen molar-refractivity contribution in [3.05, 3.63) is 17.3 Å². The Balaban J connectivity index is 3.29. The Morgan fingerprint density at radius 1 is 1.39 bits per heavy atom. The summed E-state index contributed by atoms with van der Waals surface area (Å²) in [6.07, 6.45) is -4.33. The van der Waals surface area contributed by atoms with Gasteiger partial charge in [0, 0.05) is 5.56 Å². The Kier molecular flexibility index (Phi) is 4.31. The SMILES string of the molecule is COc1cnc(OC(F)(F)F)c(CF)c1CC#N. The van der Waals surface area contributed by atoms with Crippen molar-refractivity contribution < 1.29 is 27.0 Å². The average molecular weight is 264 g/mol. The molecule has 4 nitrogen and oxygen atoms in total. The molecule has 0 fully saturated rings. The number of nitrogens with zero attached hydrogens (tertiary/aromatic N) is 2. The molecule has 1 aromatic rings. The monoisotopic (exact) mass is 264 g/mol. The van der Waals surface area contributed by atoms with Crippen molar-refractivity contribution in [2.24, 2.45) is 0 Å². The summed E-state index contributed by atoms with van der Waals surface area (Å²) in [4.78, 5) is 3.33. The lowest BCUT2D eigenvalue weighted by atomic mass is 10.1. The number of pyridine rings is 1.